The van der Waals surface area contributed by atoms with Crippen LogP contribution in [-0.2, 0) is 23.7 Å². The Morgan fingerprint density at radius 1 is 0.680 bits per heavy atom. The lowest BCUT2D eigenvalue weighted by molar-refractivity contribution is -0.358. The predicted octanol–water partition coefficient (Wildman–Crippen LogP) is -4.09. The van der Waals surface area contributed by atoms with Gasteiger partial charge < -0.3 is 54.3 Å². The normalized spacial score (nSPS) is 48.5. The third-order valence-corrected chi connectivity index (χ3v) is 4.44. The van der Waals surface area contributed by atoms with Crippen molar-refractivity contribution in [2.75, 3.05) is 27.4 Å². The van der Waals surface area contributed by atoms with E-state index in [1.807, 2.05) is 0 Å². The van der Waals surface area contributed by atoms with Crippen molar-refractivity contribution >= 4 is 0 Å². The standard InChI is InChI=1S/C14H26O11/c1-21-11-5(3-15)24-14(10(20)7(11)17)25-12-6(4-16)23-13(22-2)9(19)8(12)18/h5-20H,3-4H2,1-2H3/t5?,6-,7-,8?,9?,10?,11+,12-,13+,14+/m1/s1. The maximum Gasteiger partial charge on any atom is 0.187 e. The molecule has 0 aromatic carbocycles. The van der Waals surface area contributed by atoms with Gasteiger partial charge in [-0.3, -0.25) is 0 Å². The molecule has 0 bridgehead atoms. The zero-order valence-corrected chi connectivity index (χ0v) is 13.9. The quantitative estimate of drug-likeness (QED) is 0.269. The largest absolute Gasteiger partial charge is 0.394 e. The van der Waals surface area contributed by atoms with Gasteiger partial charge >= 0.3 is 0 Å². The van der Waals surface area contributed by atoms with E-state index in [4.69, 9.17) is 23.7 Å². The van der Waals surface area contributed by atoms with E-state index in [-0.39, 0.29) is 0 Å². The summed E-state index contributed by atoms with van der Waals surface area (Å²) in [7, 11) is 2.55. The second kappa shape index (κ2) is 8.97. The van der Waals surface area contributed by atoms with Crippen LogP contribution in [0, 0.1) is 0 Å². The summed E-state index contributed by atoms with van der Waals surface area (Å²) in [5.41, 5.74) is 0. The van der Waals surface area contributed by atoms with Crippen LogP contribution in [-0.4, -0.2) is 119 Å². The highest BCUT2D eigenvalue weighted by Crippen LogP contribution is 2.29. The molecule has 2 saturated heterocycles. The molecule has 148 valence electrons. The van der Waals surface area contributed by atoms with Crippen LogP contribution in [0.1, 0.15) is 0 Å². The Bertz CT molecular complexity index is 406. The first-order valence-electron chi connectivity index (χ1n) is 7.85. The number of aliphatic hydroxyl groups excluding tert-OH is 6. The Balaban J connectivity index is 2.13. The van der Waals surface area contributed by atoms with Crippen LogP contribution in [0.5, 0.6) is 0 Å². The summed E-state index contributed by atoms with van der Waals surface area (Å²) in [6.07, 6.45) is -12.9. The Kier molecular flexibility index (Phi) is 7.49. The van der Waals surface area contributed by atoms with E-state index in [9.17, 15) is 30.6 Å². The molecule has 0 radical (unpaired) electrons. The first-order chi connectivity index (χ1) is 11.9. The van der Waals surface area contributed by atoms with Crippen LogP contribution in [0.2, 0.25) is 0 Å². The highest BCUT2D eigenvalue weighted by atomic mass is 16.7. The highest BCUT2D eigenvalue weighted by Gasteiger charge is 2.50. The second-order valence-electron chi connectivity index (χ2n) is 5.95. The molecular weight excluding hydrogens is 344 g/mol. The minimum Gasteiger partial charge on any atom is -0.394 e. The number of methoxy groups -OCH3 is 2. The van der Waals surface area contributed by atoms with Gasteiger partial charge in [0.2, 0.25) is 0 Å². The highest BCUT2D eigenvalue weighted by molar-refractivity contribution is 4.94. The molecule has 0 aliphatic carbocycles. The summed E-state index contributed by atoms with van der Waals surface area (Å²) in [4.78, 5) is 0. The van der Waals surface area contributed by atoms with Crippen molar-refractivity contribution in [3.05, 3.63) is 0 Å². The van der Waals surface area contributed by atoms with Gasteiger partial charge in [0, 0.05) is 14.2 Å². The zero-order valence-electron chi connectivity index (χ0n) is 13.9. The minimum atomic E-state index is -1.56. The third kappa shape index (κ3) is 4.12. The number of hydrogen-bond acceptors (Lipinski definition) is 11. The van der Waals surface area contributed by atoms with Crippen molar-refractivity contribution in [3.8, 4) is 0 Å². The van der Waals surface area contributed by atoms with Crippen LogP contribution in [0.15, 0.2) is 0 Å². The fourth-order valence-corrected chi connectivity index (χ4v) is 3.03. The van der Waals surface area contributed by atoms with Gasteiger partial charge in [-0.1, -0.05) is 0 Å². The van der Waals surface area contributed by atoms with Crippen molar-refractivity contribution in [1.29, 1.82) is 0 Å². The fourth-order valence-electron chi connectivity index (χ4n) is 3.03. The SMILES string of the molecule is CO[C@H]1O[C@H](CO)[C@@H](O[C@@H]2OC(CO)[C@H](OC)[C@H](O)C2O)C(O)C1O. The van der Waals surface area contributed by atoms with E-state index in [1.165, 1.54) is 14.2 Å². The maximum atomic E-state index is 10.2. The lowest BCUT2D eigenvalue weighted by Crippen LogP contribution is -2.64. The van der Waals surface area contributed by atoms with Gasteiger partial charge in [-0.05, 0) is 0 Å². The van der Waals surface area contributed by atoms with Gasteiger partial charge in [-0.2, -0.15) is 0 Å². The molecule has 6 N–H and O–H groups in total. The molecule has 0 spiro atoms. The van der Waals surface area contributed by atoms with Crippen molar-refractivity contribution in [1.82, 2.24) is 0 Å². The van der Waals surface area contributed by atoms with E-state index >= 15 is 0 Å². The van der Waals surface area contributed by atoms with Gasteiger partial charge in [0.15, 0.2) is 12.6 Å². The van der Waals surface area contributed by atoms with E-state index in [0.29, 0.717) is 0 Å². The molecule has 0 aromatic rings. The second-order valence-corrected chi connectivity index (χ2v) is 5.95. The van der Waals surface area contributed by atoms with Crippen LogP contribution in [0.3, 0.4) is 0 Å². The summed E-state index contributed by atoms with van der Waals surface area (Å²) in [5, 5.41) is 59.3. The Morgan fingerprint density at radius 3 is 1.68 bits per heavy atom. The van der Waals surface area contributed by atoms with Crippen molar-refractivity contribution in [2.45, 2.75) is 61.4 Å². The predicted molar refractivity (Wildman–Crippen MR) is 78.2 cm³/mol. The van der Waals surface area contributed by atoms with Gasteiger partial charge in [0.1, 0.15) is 48.8 Å². The molecule has 2 heterocycles. The summed E-state index contributed by atoms with van der Waals surface area (Å²) >= 11 is 0. The van der Waals surface area contributed by atoms with Gasteiger partial charge in [0.25, 0.3) is 0 Å². The molecule has 25 heavy (non-hydrogen) atoms. The molecular formula is C14H26O11. The monoisotopic (exact) mass is 370 g/mol. The molecule has 10 atom stereocenters. The van der Waals surface area contributed by atoms with E-state index in [1.54, 1.807) is 0 Å². The minimum absolute atomic E-state index is 0.510. The number of aliphatic hydroxyl groups is 6. The molecule has 0 saturated carbocycles. The van der Waals surface area contributed by atoms with Crippen LogP contribution in [0.25, 0.3) is 0 Å². The first kappa shape index (κ1) is 20.9. The molecule has 4 unspecified atom stereocenters. The molecule has 2 aliphatic heterocycles. The average Bonchev–Trinajstić information content (AvgIpc) is 2.62. The van der Waals surface area contributed by atoms with Gasteiger partial charge in [-0.25, -0.2) is 0 Å². The smallest absolute Gasteiger partial charge is 0.187 e. The molecule has 11 heteroatoms. The third-order valence-electron chi connectivity index (χ3n) is 4.44. The molecule has 2 aliphatic rings. The van der Waals surface area contributed by atoms with E-state index in [2.05, 4.69) is 0 Å². The Hall–Kier alpha value is -0.440. The van der Waals surface area contributed by atoms with Crippen LogP contribution in [0.4, 0.5) is 0 Å². The topological polar surface area (TPSA) is 168 Å². The van der Waals surface area contributed by atoms with Gasteiger partial charge in [0.05, 0.1) is 13.2 Å². The Morgan fingerprint density at radius 2 is 1.16 bits per heavy atom. The summed E-state index contributed by atoms with van der Waals surface area (Å²) < 4.78 is 26.0. The summed E-state index contributed by atoms with van der Waals surface area (Å²) in [6, 6.07) is 0. The lowest BCUT2D eigenvalue weighted by atomic mass is 9.97. The fraction of sp³-hybridized carbons (Fsp3) is 1.00. The first-order valence-corrected chi connectivity index (χ1v) is 7.85. The van der Waals surface area contributed by atoms with E-state index in [0.717, 1.165) is 0 Å². The van der Waals surface area contributed by atoms with Crippen LogP contribution >= 0.6 is 0 Å². The van der Waals surface area contributed by atoms with E-state index < -0.39 is 74.6 Å². The number of rotatable bonds is 6. The molecule has 0 aromatic heterocycles. The molecule has 2 fully saturated rings. The molecule has 0 amide bonds. The zero-order chi connectivity index (χ0) is 18.7. The summed E-state index contributed by atoms with van der Waals surface area (Å²) in [5.74, 6) is 0. The van der Waals surface area contributed by atoms with Crippen molar-refractivity contribution in [2.24, 2.45) is 0 Å². The van der Waals surface area contributed by atoms with Crippen molar-refractivity contribution in [3.63, 3.8) is 0 Å². The van der Waals surface area contributed by atoms with Crippen LogP contribution < -0.4 is 0 Å². The number of ether oxygens (including phenoxy) is 5. The summed E-state index contributed by atoms with van der Waals surface area (Å²) in [6.45, 7) is -1.08. The maximum absolute atomic E-state index is 10.2. The molecule has 2 rings (SSSR count). The molecule has 11 nitrogen and oxygen atoms in total. The Labute approximate surface area is 144 Å². The lowest BCUT2D eigenvalue weighted by Gasteiger charge is -2.46. The number of hydrogen-bond donors (Lipinski definition) is 6. The average molecular weight is 370 g/mol. The van der Waals surface area contributed by atoms with Gasteiger partial charge in [-0.15, -0.1) is 0 Å². The van der Waals surface area contributed by atoms with Crippen molar-refractivity contribution < 1.29 is 54.3 Å².